The first-order valence-electron chi connectivity index (χ1n) is 6.61. The third-order valence-corrected chi connectivity index (χ3v) is 3.51. The van der Waals surface area contributed by atoms with Gasteiger partial charge in [0.05, 0.1) is 6.10 Å². The molecule has 1 heterocycles. The quantitative estimate of drug-likeness (QED) is 0.765. The number of carbonyl (C=O) groups is 1. The molecule has 3 atom stereocenters. The number of nitrogens with two attached hydrogens (primary N) is 1. The standard InChI is InChI=1S/C13H26N2O2/c1-10(5-4-6-11(2)14)13(16)15-8-7-12(9-15)17-3/h10-12H,4-9,14H2,1-3H3. The second-order valence-electron chi connectivity index (χ2n) is 5.24. The number of methoxy groups -OCH3 is 1. The number of likely N-dealkylation sites (tertiary alicyclic amines) is 1. The van der Waals surface area contributed by atoms with Gasteiger partial charge in [0.15, 0.2) is 0 Å². The van der Waals surface area contributed by atoms with E-state index in [-0.39, 0.29) is 24.0 Å². The van der Waals surface area contributed by atoms with Gasteiger partial charge in [-0.05, 0) is 26.2 Å². The summed E-state index contributed by atoms with van der Waals surface area (Å²) in [6, 6.07) is 0.238. The molecule has 0 bridgehead atoms. The minimum Gasteiger partial charge on any atom is -0.380 e. The molecule has 1 fully saturated rings. The van der Waals surface area contributed by atoms with E-state index in [4.69, 9.17) is 10.5 Å². The van der Waals surface area contributed by atoms with Crippen molar-refractivity contribution in [2.24, 2.45) is 11.7 Å². The second kappa shape index (κ2) is 6.97. The van der Waals surface area contributed by atoms with Crippen LogP contribution in [-0.4, -0.2) is 43.2 Å². The fourth-order valence-corrected chi connectivity index (χ4v) is 2.30. The molecular weight excluding hydrogens is 216 g/mol. The minimum absolute atomic E-state index is 0.115. The monoisotopic (exact) mass is 242 g/mol. The van der Waals surface area contributed by atoms with E-state index >= 15 is 0 Å². The van der Waals surface area contributed by atoms with Crippen molar-refractivity contribution in [2.75, 3.05) is 20.2 Å². The lowest BCUT2D eigenvalue weighted by Gasteiger charge is -2.21. The van der Waals surface area contributed by atoms with Gasteiger partial charge in [0, 0.05) is 32.2 Å². The first kappa shape index (κ1) is 14.5. The Morgan fingerprint density at radius 1 is 1.47 bits per heavy atom. The highest BCUT2D eigenvalue weighted by Crippen LogP contribution is 2.18. The van der Waals surface area contributed by atoms with Gasteiger partial charge in [0.2, 0.25) is 5.91 Å². The summed E-state index contributed by atoms with van der Waals surface area (Å²) in [7, 11) is 1.71. The van der Waals surface area contributed by atoms with Gasteiger partial charge in [0.1, 0.15) is 0 Å². The van der Waals surface area contributed by atoms with E-state index in [1.165, 1.54) is 0 Å². The predicted octanol–water partition coefficient (Wildman–Crippen LogP) is 1.39. The van der Waals surface area contributed by atoms with E-state index in [0.29, 0.717) is 0 Å². The van der Waals surface area contributed by atoms with E-state index in [0.717, 1.165) is 38.8 Å². The Kier molecular flexibility index (Phi) is 5.92. The van der Waals surface area contributed by atoms with Crippen LogP contribution in [0.5, 0.6) is 0 Å². The number of rotatable bonds is 6. The zero-order valence-electron chi connectivity index (χ0n) is 11.3. The maximum absolute atomic E-state index is 12.1. The SMILES string of the molecule is COC1CCN(C(=O)C(C)CCCC(C)N)C1. The van der Waals surface area contributed by atoms with Crippen LogP contribution in [0.4, 0.5) is 0 Å². The fourth-order valence-electron chi connectivity index (χ4n) is 2.30. The molecule has 1 aliphatic rings. The summed E-state index contributed by atoms with van der Waals surface area (Å²) in [5, 5.41) is 0. The number of amides is 1. The Morgan fingerprint density at radius 3 is 2.71 bits per heavy atom. The molecule has 1 aliphatic heterocycles. The Morgan fingerprint density at radius 2 is 2.18 bits per heavy atom. The minimum atomic E-state index is 0.115. The first-order valence-corrected chi connectivity index (χ1v) is 6.61. The number of ether oxygens (including phenoxy) is 1. The van der Waals surface area contributed by atoms with Crippen molar-refractivity contribution in [3.05, 3.63) is 0 Å². The van der Waals surface area contributed by atoms with Crippen molar-refractivity contribution in [3.63, 3.8) is 0 Å². The van der Waals surface area contributed by atoms with Crippen LogP contribution < -0.4 is 5.73 Å². The molecule has 0 aromatic heterocycles. The van der Waals surface area contributed by atoms with Crippen LogP contribution in [0.3, 0.4) is 0 Å². The van der Waals surface area contributed by atoms with Crippen LogP contribution in [0.25, 0.3) is 0 Å². The number of hydrogen-bond donors (Lipinski definition) is 1. The van der Waals surface area contributed by atoms with Crippen molar-refractivity contribution >= 4 is 5.91 Å². The number of nitrogens with zero attached hydrogens (tertiary/aromatic N) is 1. The van der Waals surface area contributed by atoms with Crippen molar-refractivity contribution in [1.82, 2.24) is 4.90 Å². The van der Waals surface area contributed by atoms with Crippen molar-refractivity contribution in [3.8, 4) is 0 Å². The van der Waals surface area contributed by atoms with Crippen LogP contribution in [0.15, 0.2) is 0 Å². The summed E-state index contributed by atoms with van der Waals surface area (Å²) in [4.78, 5) is 14.1. The van der Waals surface area contributed by atoms with Gasteiger partial charge in [-0.3, -0.25) is 4.79 Å². The van der Waals surface area contributed by atoms with Gasteiger partial charge in [0.25, 0.3) is 0 Å². The van der Waals surface area contributed by atoms with Gasteiger partial charge < -0.3 is 15.4 Å². The third kappa shape index (κ3) is 4.64. The summed E-state index contributed by atoms with van der Waals surface area (Å²) >= 11 is 0. The van der Waals surface area contributed by atoms with Crippen LogP contribution >= 0.6 is 0 Å². The highest BCUT2D eigenvalue weighted by Gasteiger charge is 2.28. The third-order valence-electron chi connectivity index (χ3n) is 3.51. The number of carbonyl (C=O) groups excluding carboxylic acids is 1. The second-order valence-corrected chi connectivity index (χ2v) is 5.24. The molecular formula is C13H26N2O2. The largest absolute Gasteiger partial charge is 0.380 e. The van der Waals surface area contributed by atoms with Crippen LogP contribution in [0.2, 0.25) is 0 Å². The topological polar surface area (TPSA) is 55.6 Å². The highest BCUT2D eigenvalue weighted by atomic mass is 16.5. The fraction of sp³-hybridized carbons (Fsp3) is 0.923. The molecule has 0 aromatic carbocycles. The summed E-state index contributed by atoms with van der Waals surface area (Å²) in [5.41, 5.74) is 5.70. The molecule has 0 spiro atoms. The van der Waals surface area contributed by atoms with E-state index in [2.05, 4.69) is 0 Å². The molecule has 4 nitrogen and oxygen atoms in total. The van der Waals surface area contributed by atoms with Crippen LogP contribution in [0.1, 0.15) is 39.5 Å². The Bertz CT molecular complexity index is 244. The Hall–Kier alpha value is -0.610. The zero-order valence-corrected chi connectivity index (χ0v) is 11.3. The lowest BCUT2D eigenvalue weighted by molar-refractivity contribution is -0.134. The van der Waals surface area contributed by atoms with Crippen molar-refractivity contribution in [2.45, 2.75) is 51.7 Å². The average Bonchev–Trinajstić information content (AvgIpc) is 2.75. The summed E-state index contributed by atoms with van der Waals surface area (Å²) in [6.45, 7) is 5.63. The lowest BCUT2D eigenvalue weighted by Crippen LogP contribution is -2.34. The Balaban J connectivity index is 2.27. The lowest BCUT2D eigenvalue weighted by atomic mass is 10.0. The van der Waals surface area contributed by atoms with E-state index in [1.54, 1.807) is 7.11 Å². The first-order chi connectivity index (χ1) is 8.04. The van der Waals surface area contributed by atoms with Crippen molar-refractivity contribution < 1.29 is 9.53 Å². The maximum atomic E-state index is 12.1. The molecule has 0 saturated carbocycles. The highest BCUT2D eigenvalue weighted by molar-refractivity contribution is 5.78. The van der Waals surface area contributed by atoms with Crippen molar-refractivity contribution in [1.29, 1.82) is 0 Å². The zero-order chi connectivity index (χ0) is 12.8. The smallest absolute Gasteiger partial charge is 0.225 e. The molecule has 0 radical (unpaired) electrons. The molecule has 2 N–H and O–H groups in total. The van der Waals surface area contributed by atoms with Gasteiger partial charge in [-0.1, -0.05) is 13.3 Å². The van der Waals surface area contributed by atoms with E-state index in [9.17, 15) is 4.79 Å². The van der Waals surface area contributed by atoms with Gasteiger partial charge in [-0.15, -0.1) is 0 Å². The predicted molar refractivity (Wildman–Crippen MR) is 68.7 cm³/mol. The molecule has 0 aliphatic carbocycles. The molecule has 1 amide bonds. The summed E-state index contributed by atoms with van der Waals surface area (Å²) in [6.07, 6.45) is 4.17. The molecule has 1 saturated heterocycles. The molecule has 1 rings (SSSR count). The maximum Gasteiger partial charge on any atom is 0.225 e. The Labute approximate surface area is 104 Å². The van der Waals surface area contributed by atoms with Gasteiger partial charge in [-0.25, -0.2) is 0 Å². The van der Waals surface area contributed by atoms with Gasteiger partial charge in [-0.2, -0.15) is 0 Å². The van der Waals surface area contributed by atoms with E-state index in [1.807, 2.05) is 18.7 Å². The molecule has 100 valence electrons. The van der Waals surface area contributed by atoms with Gasteiger partial charge >= 0.3 is 0 Å². The average molecular weight is 242 g/mol. The van der Waals surface area contributed by atoms with Crippen LogP contribution in [-0.2, 0) is 9.53 Å². The normalized spacial score (nSPS) is 23.8. The molecule has 4 heteroatoms. The molecule has 3 unspecified atom stereocenters. The van der Waals surface area contributed by atoms with E-state index < -0.39 is 0 Å². The molecule has 17 heavy (non-hydrogen) atoms. The summed E-state index contributed by atoms with van der Waals surface area (Å²) in [5.74, 6) is 0.388. The summed E-state index contributed by atoms with van der Waals surface area (Å²) < 4.78 is 5.27. The number of hydrogen-bond acceptors (Lipinski definition) is 3. The molecule has 0 aromatic rings. The van der Waals surface area contributed by atoms with Crippen LogP contribution in [0, 0.1) is 5.92 Å².